The molecule has 0 unspecified atom stereocenters. The number of hydrogen-bond donors (Lipinski definition) is 2. The number of hydrogen-bond acceptors (Lipinski definition) is 2. The zero-order valence-electron chi connectivity index (χ0n) is 11.6. The summed E-state index contributed by atoms with van der Waals surface area (Å²) in [6, 6.07) is 15.7. The molecule has 0 aliphatic carbocycles. The maximum atomic E-state index is 5.76. The molecule has 0 amide bonds. The highest BCUT2D eigenvalue weighted by atomic mass is 32.1. The van der Waals surface area contributed by atoms with Gasteiger partial charge in [0.05, 0.1) is 0 Å². The van der Waals surface area contributed by atoms with Crippen molar-refractivity contribution in [3.8, 4) is 11.5 Å². The molecular weight excluding hydrogens is 268 g/mol. The highest BCUT2D eigenvalue weighted by molar-refractivity contribution is 7.80. The number of benzene rings is 2. The molecule has 3 nitrogen and oxygen atoms in total. The fourth-order valence-corrected chi connectivity index (χ4v) is 1.95. The quantitative estimate of drug-likeness (QED) is 0.829. The van der Waals surface area contributed by atoms with Gasteiger partial charge in [-0.25, -0.2) is 0 Å². The summed E-state index contributed by atoms with van der Waals surface area (Å²) in [4.78, 5) is 0. The molecule has 0 radical (unpaired) electrons. The van der Waals surface area contributed by atoms with Crippen molar-refractivity contribution in [1.82, 2.24) is 5.32 Å². The van der Waals surface area contributed by atoms with E-state index in [1.165, 1.54) is 5.56 Å². The van der Waals surface area contributed by atoms with Crippen LogP contribution in [0.15, 0.2) is 48.5 Å². The van der Waals surface area contributed by atoms with Gasteiger partial charge in [-0.2, -0.15) is 0 Å². The second-order valence-electron chi connectivity index (χ2n) is 4.42. The van der Waals surface area contributed by atoms with Gasteiger partial charge in [0.15, 0.2) is 5.11 Å². The largest absolute Gasteiger partial charge is 0.457 e. The summed E-state index contributed by atoms with van der Waals surface area (Å²) in [5.74, 6) is 1.63. The van der Waals surface area contributed by atoms with Gasteiger partial charge in [0.2, 0.25) is 0 Å². The Morgan fingerprint density at radius 2 is 1.55 bits per heavy atom. The lowest BCUT2D eigenvalue weighted by atomic mass is 10.2. The minimum atomic E-state index is 0.625. The van der Waals surface area contributed by atoms with Crippen LogP contribution in [0, 0.1) is 6.92 Å². The number of thiocarbonyl (C=S) groups is 1. The number of aryl methyl sites for hydroxylation is 1. The summed E-state index contributed by atoms with van der Waals surface area (Å²) in [6.07, 6.45) is 0. The Hall–Kier alpha value is -2.07. The molecule has 20 heavy (non-hydrogen) atoms. The smallest absolute Gasteiger partial charge is 0.170 e. The molecule has 2 aromatic rings. The van der Waals surface area contributed by atoms with Crippen molar-refractivity contribution in [3.63, 3.8) is 0 Å². The van der Waals surface area contributed by atoms with Crippen molar-refractivity contribution in [1.29, 1.82) is 0 Å². The van der Waals surface area contributed by atoms with E-state index in [-0.39, 0.29) is 0 Å². The van der Waals surface area contributed by atoms with Crippen LogP contribution in [0.3, 0.4) is 0 Å². The minimum absolute atomic E-state index is 0.625. The maximum absolute atomic E-state index is 5.76. The van der Waals surface area contributed by atoms with Crippen LogP contribution in [0.4, 0.5) is 5.69 Å². The summed E-state index contributed by atoms with van der Waals surface area (Å²) >= 11 is 5.13. The van der Waals surface area contributed by atoms with Gasteiger partial charge >= 0.3 is 0 Å². The van der Waals surface area contributed by atoms with Gasteiger partial charge < -0.3 is 15.4 Å². The maximum Gasteiger partial charge on any atom is 0.170 e. The van der Waals surface area contributed by atoms with E-state index in [0.29, 0.717) is 5.11 Å². The second kappa shape index (κ2) is 6.91. The van der Waals surface area contributed by atoms with E-state index in [2.05, 4.69) is 17.6 Å². The topological polar surface area (TPSA) is 33.3 Å². The first kappa shape index (κ1) is 14.3. The Balaban J connectivity index is 1.97. The van der Waals surface area contributed by atoms with Crippen LogP contribution in [0.5, 0.6) is 11.5 Å². The van der Waals surface area contributed by atoms with Crippen LogP contribution in [0.25, 0.3) is 0 Å². The van der Waals surface area contributed by atoms with Crippen LogP contribution < -0.4 is 15.4 Å². The zero-order chi connectivity index (χ0) is 14.4. The standard InChI is InChI=1S/C16H18N2OS/c1-3-17-16(20)18-13-6-10-15(11-7-13)19-14-8-4-12(2)5-9-14/h4-11H,3H2,1-2H3,(H2,17,18,20). The molecular formula is C16H18N2OS. The Morgan fingerprint density at radius 1 is 1.00 bits per heavy atom. The van der Waals surface area contributed by atoms with Crippen LogP contribution in [0.2, 0.25) is 0 Å². The van der Waals surface area contributed by atoms with Gasteiger partial charge in [-0.15, -0.1) is 0 Å². The molecule has 0 spiro atoms. The van der Waals surface area contributed by atoms with Crippen molar-refractivity contribution in [2.75, 3.05) is 11.9 Å². The first-order valence-electron chi connectivity index (χ1n) is 6.57. The average molecular weight is 286 g/mol. The predicted octanol–water partition coefficient (Wildman–Crippen LogP) is 4.09. The van der Waals surface area contributed by atoms with Gasteiger partial charge in [-0.1, -0.05) is 17.7 Å². The number of anilines is 1. The van der Waals surface area contributed by atoms with Gasteiger partial charge in [-0.05, 0) is 62.5 Å². The number of rotatable bonds is 4. The van der Waals surface area contributed by atoms with Gasteiger partial charge in [0.1, 0.15) is 11.5 Å². The SMILES string of the molecule is CCNC(=S)Nc1ccc(Oc2ccc(C)cc2)cc1. The molecule has 0 fully saturated rings. The lowest BCUT2D eigenvalue weighted by molar-refractivity contribution is 0.482. The third-order valence-corrected chi connectivity index (χ3v) is 2.95. The van der Waals surface area contributed by atoms with Crippen LogP contribution in [-0.4, -0.2) is 11.7 Å². The fraction of sp³-hybridized carbons (Fsp3) is 0.188. The number of nitrogens with one attached hydrogen (secondary N) is 2. The molecule has 0 bridgehead atoms. The fourth-order valence-electron chi connectivity index (χ4n) is 1.68. The molecule has 104 valence electrons. The molecule has 0 atom stereocenters. The van der Waals surface area contributed by atoms with Crippen LogP contribution in [-0.2, 0) is 0 Å². The van der Waals surface area contributed by atoms with E-state index in [4.69, 9.17) is 17.0 Å². The van der Waals surface area contributed by atoms with E-state index in [1.54, 1.807) is 0 Å². The normalized spacial score (nSPS) is 9.90. The summed E-state index contributed by atoms with van der Waals surface area (Å²) in [6.45, 7) is 4.87. The monoisotopic (exact) mass is 286 g/mol. The Morgan fingerprint density at radius 3 is 2.10 bits per heavy atom. The molecule has 0 aliphatic heterocycles. The molecule has 0 saturated heterocycles. The highest BCUT2D eigenvalue weighted by Gasteiger charge is 1.99. The minimum Gasteiger partial charge on any atom is -0.457 e. The molecule has 2 aromatic carbocycles. The van der Waals surface area contributed by atoms with Crippen LogP contribution in [0.1, 0.15) is 12.5 Å². The first-order chi connectivity index (χ1) is 9.67. The molecule has 2 N–H and O–H groups in total. The summed E-state index contributed by atoms with van der Waals surface area (Å²) in [7, 11) is 0. The Bertz CT molecular complexity index is 564. The van der Waals surface area contributed by atoms with Crippen molar-refractivity contribution in [3.05, 3.63) is 54.1 Å². The zero-order valence-corrected chi connectivity index (χ0v) is 12.5. The summed E-state index contributed by atoms with van der Waals surface area (Å²) < 4.78 is 5.76. The molecule has 4 heteroatoms. The van der Waals surface area contributed by atoms with E-state index in [1.807, 2.05) is 55.5 Å². The number of ether oxygens (including phenoxy) is 1. The highest BCUT2D eigenvalue weighted by Crippen LogP contribution is 2.23. The van der Waals surface area contributed by atoms with Gasteiger partial charge in [-0.3, -0.25) is 0 Å². The van der Waals surface area contributed by atoms with Crippen molar-refractivity contribution < 1.29 is 4.74 Å². The van der Waals surface area contributed by atoms with Crippen molar-refractivity contribution in [2.45, 2.75) is 13.8 Å². The van der Waals surface area contributed by atoms with E-state index >= 15 is 0 Å². The Kier molecular flexibility index (Phi) is 4.96. The van der Waals surface area contributed by atoms with Gasteiger partial charge in [0, 0.05) is 12.2 Å². The average Bonchev–Trinajstić information content (AvgIpc) is 2.44. The Labute approximate surface area is 125 Å². The van der Waals surface area contributed by atoms with Gasteiger partial charge in [0.25, 0.3) is 0 Å². The lowest BCUT2D eigenvalue weighted by Gasteiger charge is -2.10. The molecule has 0 aromatic heterocycles. The lowest BCUT2D eigenvalue weighted by Crippen LogP contribution is -2.27. The van der Waals surface area contributed by atoms with E-state index < -0.39 is 0 Å². The van der Waals surface area contributed by atoms with Crippen LogP contribution >= 0.6 is 12.2 Å². The first-order valence-corrected chi connectivity index (χ1v) is 6.97. The molecule has 2 rings (SSSR count). The third kappa shape index (κ3) is 4.24. The summed E-state index contributed by atoms with van der Waals surface area (Å²) in [5.41, 5.74) is 2.15. The van der Waals surface area contributed by atoms with Crippen molar-refractivity contribution in [2.24, 2.45) is 0 Å². The van der Waals surface area contributed by atoms with E-state index in [0.717, 1.165) is 23.7 Å². The third-order valence-electron chi connectivity index (χ3n) is 2.71. The summed E-state index contributed by atoms with van der Waals surface area (Å²) in [5, 5.41) is 6.77. The predicted molar refractivity (Wildman–Crippen MR) is 87.6 cm³/mol. The molecule has 0 heterocycles. The second-order valence-corrected chi connectivity index (χ2v) is 4.83. The van der Waals surface area contributed by atoms with E-state index in [9.17, 15) is 0 Å². The molecule has 0 aliphatic rings. The van der Waals surface area contributed by atoms with Crippen molar-refractivity contribution >= 4 is 23.0 Å². The molecule has 0 saturated carbocycles.